The van der Waals surface area contributed by atoms with E-state index in [0.717, 1.165) is 59.4 Å². The van der Waals surface area contributed by atoms with Gasteiger partial charge in [-0.3, -0.25) is 0 Å². The van der Waals surface area contributed by atoms with Crippen LogP contribution in [0.5, 0.6) is 0 Å². The highest BCUT2D eigenvalue weighted by Gasteiger charge is 2.36. The zero-order valence-corrected chi connectivity index (χ0v) is 27.7. The van der Waals surface area contributed by atoms with Gasteiger partial charge in [0.2, 0.25) is 6.71 Å². The summed E-state index contributed by atoms with van der Waals surface area (Å²) < 4.78 is 32.5. The van der Waals surface area contributed by atoms with Crippen LogP contribution in [0.25, 0.3) is 0 Å². The highest BCUT2D eigenvalue weighted by Crippen LogP contribution is 2.12. The fourth-order valence-corrected chi connectivity index (χ4v) is 7.38. The second-order valence-corrected chi connectivity index (χ2v) is 12.6. The third-order valence-electron chi connectivity index (χ3n) is 7.67. The first-order valence-electron chi connectivity index (χ1n) is 11.0. The minimum atomic E-state index is -0.610. The van der Waals surface area contributed by atoms with E-state index >= 15 is 8.78 Å². The summed E-state index contributed by atoms with van der Waals surface area (Å²) in [5.41, 5.74) is 9.17. The molecule has 0 bridgehead atoms. The van der Waals surface area contributed by atoms with Crippen LogP contribution in [0, 0.1) is 32.4 Å². The second kappa shape index (κ2) is 10.7. The van der Waals surface area contributed by atoms with Gasteiger partial charge in [-0.1, -0.05) is 22.0 Å². The van der Waals surface area contributed by atoms with Gasteiger partial charge in [0, 0.05) is 5.30 Å². The maximum Gasteiger partial charge on any atom is 0.249 e. The molecule has 3 aromatic carbocycles. The predicted octanol–water partition coefficient (Wildman–Crippen LogP) is -6.56. The van der Waals surface area contributed by atoms with Crippen LogP contribution in [-0.4, -0.2) is 38.1 Å². The molecule has 0 nitrogen and oxygen atoms in total. The molecule has 0 saturated carbocycles. The van der Waals surface area contributed by atoms with Gasteiger partial charge in [0.05, 0.1) is 0 Å². The van der Waals surface area contributed by atoms with E-state index in [0.29, 0.717) is 21.8 Å². The van der Waals surface area contributed by atoms with Crippen molar-refractivity contribution in [2.24, 2.45) is 0 Å². The van der Waals surface area contributed by atoms with E-state index in [2.05, 4.69) is 93.7 Å². The van der Waals surface area contributed by atoms with Gasteiger partial charge in [0.15, 0.2) is 0 Å². The molecule has 0 N–H and O–H groups in total. The topological polar surface area (TPSA) is 0 Å². The Morgan fingerprint density at radius 3 is 1.38 bits per heavy atom. The number of benzene rings is 3. The first-order valence-corrected chi connectivity index (χ1v) is 14.4. The van der Waals surface area contributed by atoms with Crippen molar-refractivity contribution in [3.8, 4) is 0 Å². The van der Waals surface area contributed by atoms with Crippen LogP contribution < -0.4 is 70.1 Å². The summed E-state index contributed by atoms with van der Waals surface area (Å²) in [7, 11) is 24.5. The summed E-state index contributed by atoms with van der Waals surface area (Å²) in [4.78, 5) is 0. The van der Waals surface area contributed by atoms with Crippen molar-refractivity contribution >= 4 is 164 Å². The molecule has 0 fully saturated rings. The summed E-state index contributed by atoms with van der Waals surface area (Å²) in [6.07, 6.45) is 0. The van der Waals surface area contributed by atoms with Crippen molar-refractivity contribution in [1.29, 1.82) is 0 Å². The Morgan fingerprint density at radius 1 is 0.471 bits per heavy atom. The molecule has 0 heterocycles. The Labute approximate surface area is 220 Å². The maximum absolute atomic E-state index is 16.2. The fourth-order valence-electron chi connectivity index (χ4n) is 4.81. The quantitative estimate of drug-likeness (QED) is 0.222. The summed E-state index contributed by atoms with van der Waals surface area (Å²) in [5, 5.41) is 4.59. The molecule has 0 aliphatic heterocycles. The van der Waals surface area contributed by atoms with E-state index in [4.69, 9.17) is 0 Å². The van der Waals surface area contributed by atoms with Gasteiger partial charge < -0.3 is 0 Å². The number of rotatable bonds is 3. The SMILES string of the molecule is Bc1c(B)c(B(c2c(F)c(C)c(C)c(P)c2P)c2c(F)c(P)c(P)c(P)c2P)c(B)c(B)c1C. The molecular weight excluding hydrogens is 530 g/mol. The second-order valence-electron chi connectivity index (χ2n) is 9.16. The molecule has 3 aromatic rings. The lowest BCUT2D eigenvalue weighted by Crippen LogP contribution is -2.73. The molecule has 0 radical (unpaired) electrons. The van der Waals surface area contributed by atoms with Gasteiger partial charge in [-0.25, -0.2) is 8.78 Å². The van der Waals surface area contributed by atoms with E-state index in [1.807, 2.05) is 6.92 Å². The van der Waals surface area contributed by atoms with Crippen molar-refractivity contribution in [1.82, 2.24) is 0 Å². The van der Waals surface area contributed by atoms with Crippen molar-refractivity contribution < 1.29 is 8.78 Å². The molecule has 172 valence electrons. The van der Waals surface area contributed by atoms with Crippen molar-refractivity contribution in [3.63, 3.8) is 0 Å². The summed E-state index contributed by atoms with van der Waals surface area (Å²) in [6.45, 7) is 5.24. The van der Waals surface area contributed by atoms with Crippen molar-refractivity contribution in [2.75, 3.05) is 0 Å². The Morgan fingerprint density at radius 2 is 0.882 bits per heavy atom. The largest absolute Gasteiger partial charge is 0.249 e. The predicted molar refractivity (Wildman–Crippen MR) is 187 cm³/mol. The minimum absolute atomic E-state index is 0.275. The van der Waals surface area contributed by atoms with Crippen LogP contribution in [0.2, 0.25) is 0 Å². The summed E-state index contributed by atoms with van der Waals surface area (Å²) in [6, 6.07) is 0. The minimum Gasteiger partial charge on any atom is -0.207 e. The van der Waals surface area contributed by atoms with E-state index in [1.165, 1.54) is 5.56 Å². The lowest BCUT2D eigenvalue weighted by atomic mass is 9.32. The monoisotopic (exact) mass is 560 g/mol. The van der Waals surface area contributed by atoms with E-state index in [-0.39, 0.29) is 11.6 Å². The summed E-state index contributed by atoms with van der Waals surface area (Å²) >= 11 is 0. The Hall–Kier alpha value is 0.425. The fraction of sp³-hybridized carbons (Fsp3) is 0.143. The molecule has 0 amide bonds. The molecule has 0 spiro atoms. The molecule has 0 aromatic heterocycles. The van der Waals surface area contributed by atoms with Crippen LogP contribution in [0.15, 0.2) is 0 Å². The van der Waals surface area contributed by atoms with Gasteiger partial charge in [-0.05, 0) is 69.3 Å². The van der Waals surface area contributed by atoms with Crippen molar-refractivity contribution in [2.45, 2.75) is 20.8 Å². The molecule has 6 atom stereocenters. The third kappa shape index (κ3) is 4.49. The standard InChI is InChI=1S/C21H29B5F2P6/c1-4-5(2)16(29)17(30)12(14(4)27)26(11-9(24)7(22)6(3)8(23)10(11)25)13-15(28)19(32)21(34)20(33)18(13)31/h22-25,29-34H2,1-3H3. The van der Waals surface area contributed by atoms with Crippen LogP contribution in [0.3, 0.4) is 0 Å². The Bertz CT molecular complexity index is 1130. The third-order valence-corrected chi connectivity index (χ3v) is 12.8. The Kier molecular flexibility index (Phi) is 9.09. The number of hydrogen-bond acceptors (Lipinski definition) is 0. The smallest absolute Gasteiger partial charge is 0.207 e. The zero-order valence-electron chi connectivity index (χ0n) is 20.8. The highest BCUT2D eigenvalue weighted by molar-refractivity contribution is 7.44. The lowest BCUT2D eigenvalue weighted by Gasteiger charge is -2.30. The first kappa shape index (κ1) is 29.0. The molecule has 0 aliphatic rings. The van der Waals surface area contributed by atoms with Crippen LogP contribution >= 0.6 is 55.4 Å². The van der Waals surface area contributed by atoms with Crippen LogP contribution in [0.4, 0.5) is 8.78 Å². The van der Waals surface area contributed by atoms with E-state index in [1.54, 1.807) is 6.92 Å². The number of hydrogen-bond donors (Lipinski definition) is 0. The summed E-state index contributed by atoms with van der Waals surface area (Å²) in [5.74, 6) is -0.596. The average molecular weight is 559 g/mol. The van der Waals surface area contributed by atoms with Gasteiger partial charge in [-0.15, -0.1) is 66.4 Å². The van der Waals surface area contributed by atoms with Crippen LogP contribution in [-0.2, 0) is 0 Å². The lowest BCUT2D eigenvalue weighted by molar-refractivity contribution is 0.626. The number of halogens is 2. The average Bonchev–Trinajstić information content (AvgIpc) is 2.81. The van der Waals surface area contributed by atoms with Gasteiger partial charge in [0.1, 0.15) is 43.0 Å². The molecule has 13 heteroatoms. The van der Waals surface area contributed by atoms with Gasteiger partial charge in [0.25, 0.3) is 0 Å². The van der Waals surface area contributed by atoms with Crippen molar-refractivity contribution in [3.05, 3.63) is 28.3 Å². The van der Waals surface area contributed by atoms with Gasteiger partial charge in [-0.2, -0.15) is 0 Å². The molecular formula is C21H29B5F2P6. The maximum atomic E-state index is 16.2. The molecule has 0 saturated heterocycles. The van der Waals surface area contributed by atoms with E-state index in [9.17, 15) is 0 Å². The zero-order chi connectivity index (χ0) is 26.0. The molecule has 3 rings (SSSR count). The van der Waals surface area contributed by atoms with E-state index < -0.39 is 6.71 Å². The molecule has 6 unspecified atom stereocenters. The molecule has 34 heavy (non-hydrogen) atoms. The first-order chi connectivity index (χ1) is 15.7. The highest BCUT2D eigenvalue weighted by atomic mass is 31.0. The Balaban J connectivity index is 2.68. The molecule has 0 aliphatic carbocycles. The normalized spacial score (nSPS) is 11.3. The van der Waals surface area contributed by atoms with Crippen LogP contribution in [0.1, 0.15) is 16.7 Å². The van der Waals surface area contributed by atoms with Gasteiger partial charge >= 0.3 is 0 Å².